The number of hydrogen-bond acceptors (Lipinski definition) is 5. The molecule has 0 radical (unpaired) electrons. The van der Waals surface area contributed by atoms with Crippen molar-refractivity contribution in [3.8, 4) is 22.6 Å². The molecule has 4 aromatic rings. The number of aromatic hydroxyl groups is 1. The van der Waals surface area contributed by atoms with Gasteiger partial charge >= 0.3 is 0 Å². The van der Waals surface area contributed by atoms with Gasteiger partial charge in [0.1, 0.15) is 18.1 Å². The Kier molecular flexibility index (Phi) is 6.63. The summed E-state index contributed by atoms with van der Waals surface area (Å²) in [6.07, 6.45) is 1.28. The zero-order valence-corrected chi connectivity index (χ0v) is 21.4. The molecule has 0 aliphatic carbocycles. The van der Waals surface area contributed by atoms with Gasteiger partial charge in [0.25, 0.3) is 0 Å². The number of fused-ring (bicyclic) bond motifs is 1. The van der Waals surface area contributed by atoms with E-state index < -0.39 is 0 Å². The molecular weight excluding hydrogens is 452 g/mol. The zero-order valence-electron chi connectivity index (χ0n) is 20.6. The summed E-state index contributed by atoms with van der Waals surface area (Å²) < 4.78 is 7.01. The predicted molar refractivity (Wildman–Crippen MR) is 146 cm³/mol. The number of benzene rings is 3. The van der Waals surface area contributed by atoms with Crippen molar-refractivity contribution in [2.24, 2.45) is 5.92 Å². The normalized spacial score (nSPS) is 16.1. The fourth-order valence-corrected chi connectivity index (χ4v) is 6.23. The van der Waals surface area contributed by atoms with Crippen LogP contribution in [0.4, 0.5) is 0 Å². The first-order valence-corrected chi connectivity index (χ1v) is 13.1. The zero-order chi connectivity index (χ0) is 24.5. The third-order valence-corrected chi connectivity index (χ3v) is 8.05. The molecule has 1 aromatic heterocycles. The molecule has 0 saturated carbocycles. The molecule has 0 bridgehead atoms. The Labute approximate surface area is 211 Å². The number of nitrogens with zero attached hydrogens (tertiary/aromatic N) is 1. The summed E-state index contributed by atoms with van der Waals surface area (Å²) in [7, 11) is 0. The number of ether oxygens (including phenoxy) is 1. The van der Waals surface area contributed by atoms with E-state index in [0.717, 1.165) is 62.0 Å². The number of thiophene rings is 1. The van der Waals surface area contributed by atoms with Crippen LogP contribution in [0.25, 0.3) is 21.2 Å². The first kappa shape index (κ1) is 23.6. The van der Waals surface area contributed by atoms with E-state index in [4.69, 9.17) is 10.1 Å². The van der Waals surface area contributed by atoms with Gasteiger partial charge in [-0.15, -0.1) is 11.3 Å². The molecule has 1 saturated heterocycles. The molecule has 1 fully saturated rings. The lowest BCUT2D eigenvalue weighted by molar-refractivity contribution is 0.234. The van der Waals surface area contributed by atoms with Crippen LogP contribution in [0, 0.1) is 25.2 Å². The maximum absolute atomic E-state index is 10.1. The van der Waals surface area contributed by atoms with Crippen molar-refractivity contribution in [1.29, 1.82) is 5.41 Å². The van der Waals surface area contributed by atoms with Crippen molar-refractivity contribution >= 4 is 27.1 Å². The average Bonchev–Trinajstić information content (AvgIpc) is 3.42. The highest BCUT2D eigenvalue weighted by molar-refractivity contribution is 7.21. The van der Waals surface area contributed by atoms with E-state index in [1.165, 1.54) is 18.5 Å². The quantitative estimate of drug-likeness (QED) is 0.277. The molecule has 3 aromatic carbocycles. The fourth-order valence-electron chi connectivity index (χ4n) is 5.00. The predicted octanol–water partition coefficient (Wildman–Crippen LogP) is 7.03. The van der Waals surface area contributed by atoms with Crippen molar-refractivity contribution in [2.75, 3.05) is 26.2 Å². The summed E-state index contributed by atoms with van der Waals surface area (Å²) >= 11 is 1.56. The Bertz CT molecular complexity index is 1370. The summed E-state index contributed by atoms with van der Waals surface area (Å²) in [5, 5.41) is 20.2. The van der Waals surface area contributed by atoms with Crippen molar-refractivity contribution in [2.45, 2.75) is 27.2 Å². The molecule has 35 heavy (non-hydrogen) atoms. The van der Waals surface area contributed by atoms with E-state index in [9.17, 15) is 5.11 Å². The van der Waals surface area contributed by atoms with Gasteiger partial charge in [-0.05, 0) is 74.2 Å². The summed E-state index contributed by atoms with van der Waals surface area (Å²) in [5.74, 6) is 1.89. The second-order valence-corrected chi connectivity index (χ2v) is 10.8. The fraction of sp³-hybridized carbons (Fsp3) is 0.300. The molecule has 2 heterocycles. The molecule has 1 atom stereocenters. The van der Waals surface area contributed by atoms with Gasteiger partial charge in [0, 0.05) is 34.3 Å². The molecular formula is C30H32N2O2S. The molecule has 1 aliphatic heterocycles. The molecule has 0 unspecified atom stereocenters. The van der Waals surface area contributed by atoms with E-state index in [0.29, 0.717) is 12.3 Å². The van der Waals surface area contributed by atoms with Crippen LogP contribution in [-0.2, 0) is 0 Å². The Balaban J connectivity index is 1.44. The Morgan fingerprint density at radius 3 is 2.60 bits per heavy atom. The van der Waals surface area contributed by atoms with E-state index in [2.05, 4.69) is 49.9 Å². The Hall–Kier alpha value is -3.15. The van der Waals surface area contributed by atoms with Crippen LogP contribution < -0.4 is 4.74 Å². The number of phenols is 1. The SMILES string of the molecule is Cc1ccc(C(=N)c2sc3cc(O)ccc3c2-c2ccc(OCCN3CC[C@@H](C)C3)cc2)c(C)c1. The van der Waals surface area contributed by atoms with Gasteiger partial charge in [-0.3, -0.25) is 10.3 Å². The van der Waals surface area contributed by atoms with E-state index in [-0.39, 0.29) is 5.75 Å². The number of aryl methyl sites for hydroxylation is 2. The van der Waals surface area contributed by atoms with Crippen molar-refractivity contribution in [3.63, 3.8) is 0 Å². The number of nitrogens with one attached hydrogen (secondary N) is 1. The van der Waals surface area contributed by atoms with Crippen LogP contribution >= 0.6 is 11.3 Å². The topological polar surface area (TPSA) is 56.6 Å². The highest BCUT2D eigenvalue weighted by atomic mass is 32.1. The van der Waals surface area contributed by atoms with Crippen LogP contribution in [-0.4, -0.2) is 42.0 Å². The molecule has 5 rings (SSSR count). The van der Waals surface area contributed by atoms with Gasteiger partial charge in [0.15, 0.2) is 0 Å². The number of likely N-dealkylation sites (tertiary alicyclic amines) is 1. The maximum Gasteiger partial charge on any atom is 0.119 e. The molecule has 2 N–H and O–H groups in total. The van der Waals surface area contributed by atoms with Gasteiger partial charge in [0.05, 0.1) is 10.6 Å². The van der Waals surface area contributed by atoms with Crippen molar-refractivity contribution in [1.82, 2.24) is 4.90 Å². The first-order valence-electron chi connectivity index (χ1n) is 12.3. The minimum absolute atomic E-state index is 0.242. The van der Waals surface area contributed by atoms with Gasteiger partial charge < -0.3 is 9.84 Å². The standard InChI is InChI=1S/C30H32N2O2S/c1-19-4-10-25(21(3)16-19)29(31)30-28(26-11-7-23(33)17-27(26)35-30)22-5-8-24(9-6-22)34-15-14-32-13-12-20(2)18-32/h4-11,16-17,20,31,33H,12-15,18H2,1-3H3/t20-/m1/s1. The lowest BCUT2D eigenvalue weighted by atomic mass is 9.95. The molecule has 0 spiro atoms. The van der Waals surface area contributed by atoms with Gasteiger partial charge in [-0.25, -0.2) is 0 Å². The third-order valence-electron chi connectivity index (χ3n) is 6.88. The molecule has 180 valence electrons. The number of phenolic OH excluding ortho intramolecular Hbond substituents is 1. The van der Waals surface area contributed by atoms with Crippen molar-refractivity contribution in [3.05, 3.63) is 82.2 Å². The largest absolute Gasteiger partial charge is 0.508 e. The Morgan fingerprint density at radius 1 is 1.09 bits per heavy atom. The van der Waals surface area contributed by atoms with Crippen LogP contribution in [0.5, 0.6) is 11.5 Å². The second kappa shape index (κ2) is 9.84. The average molecular weight is 485 g/mol. The maximum atomic E-state index is 10.1. The first-order chi connectivity index (χ1) is 16.9. The van der Waals surface area contributed by atoms with E-state index in [1.54, 1.807) is 23.5 Å². The summed E-state index contributed by atoms with van der Waals surface area (Å²) in [4.78, 5) is 3.38. The molecule has 1 aliphatic rings. The Morgan fingerprint density at radius 2 is 1.89 bits per heavy atom. The van der Waals surface area contributed by atoms with Crippen LogP contribution in [0.3, 0.4) is 0 Å². The lowest BCUT2D eigenvalue weighted by Crippen LogP contribution is -2.25. The van der Waals surface area contributed by atoms with Crippen LogP contribution in [0.2, 0.25) is 0 Å². The lowest BCUT2D eigenvalue weighted by Gasteiger charge is -2.16. The molecule has 0 amide bonds. The monoisotopic (exact) mass is 484 g/mol. The highest BCUT2D eigenvalue weighted by Crippen LogP contribution is 2.42. The minimum Gasteiger partial charge on any atom is -0.508 e. The van der Waals surface area contributed by atoms with Crippen molar-refractivity contribution < 1.29 is 9.84 Å². The molecule has 4 nitrogen and oxygen atoms in total. The van der Waals surface area contributed by atoms with E-state index >= 15 is 0 Å². The summed E-state index contributed by atoms with van der Waals surface area (Å²) in [6.45, 7) is 10.4. The third kappa shape index (κ3) is 4.97. The molecule has 5 heteroatoms. The summed E-state index contributed by atoms with van der Waals surface area (Å²) in [6, 6.07) is 19.9. The van der Waals surface area contributed by atoms with E-state index in [1.807, 2.05) is 24.3 Å². The minimum atomic E-state index is 0.242. The summed E-state index contributed by atoms with van der Waals surface area (Å²) in [5.41, 5.74) is 5.81. The van der Waals surface area contributed by atoms with Crippen LogP contribution in [0.15, 0.2) is 60.7 Å². The second-order valence-electron chi connectivity index (χ2n) is 9.75. The van der Waals surface area contributed by atoms with Gasteiger partial charge in [-0.1, -0.05) is 42.8 Å². The number of rotatable bonds is 7. The number of hydrogen-bond donors (Lipinski definition) is 2. The van der Waals surface area contributed by atoms with Gasteiger partial charge in [0.2, 0.25) is 0 Å². The highest BCUT2D eigenvalue weighted by Gasteiger charge is 2.21. The van der Waals surface area contributed by atoms with Crippen LogP contribution in [0.1, 0.15) is 34.9 Å². The smallest absolute Gasteiger partial charge is 0.119 e. The van der Waals surface area contributed by atoms with Gasteiger partial charge in [-0.2, -0.15) is 0 Å².